The number of rotatable bonds is 37. The van der Waals surface area contributed by atoms with Gasteiger partial charge in [-0.3, -0.25) is 18.6 Å². The fourth-order valence-corrected chi connectivity index (χ4v) is 6.97. The van der Waals surface area contributed by atoms with Crippen molar-refractivity contribution in [2.45, 2.75) is 161 Å². The van der Waals surface area contributed by atoms with Gasteiger partial charge in [-0.1, -0.05) is 121 Å². The van der Waals surface area contributed by atoms with Gasteiger partial charge in [0, 0.05) is 12.3 Å². The van der Waals surface area contributed by atoms with E-state index >= 15 is 0 Å². The highest BCUT2D eigenvalue weighted by Gasteiger charge is 2.27. The maximum atomic E-state index is 12.6. The number of ether oxygens (including phenoxy) is 2. The highest BCUT2D eigenvalue weighted by molar-refractivity contribution is 7.47. The summed E-state index contributed by atoms with van der Waals surface area (Å²) in [6, 6.07) is 0. The maximum Gasteiger partial charge on any atom is 0.472 e. The lowest BCUT2D eigenvalue weighted by Gasteiger charge is -2.24. The molecule has 0 aliphatic heterocycles. The van der Waals surface area contributed by atoms with Gasteiger partial charge in [0.05, 0.1) is 40.1 Å². The molecule has 0 spiro atoms. The molecular formula is C46H81NO9P+. The third-order valence-corrected chi connectivity index (χ3v) is 10.9. The van der Waals surface area contributed by atoms with Crippen molar-refractivity contribution >= 4 is 19.6 Å². The van der Waals surface area contributed by atoms with Gasteiger partial charge in [0.1, 0.15) is 19.8 Å². The average molecular weight is 823 g/mol. The van der Waals surface area contributed by atoms with E-state index in [0.717, 1.165) is 44.9 Å². The minimum atomic E-state index is -4.32. The SMILES string of the molecule is CCCCCCCC/C=C\CCCCCC/C=C/O[C@H](COC(=O)CCC/C=C\C[C@H]1C=CC(=O)[C@@H]1/C=C/[C@@H](O)CCCCC)COP(=O)(O)OCC[N+](C)(C)C. The number of hydrogen-bond acceptors (Lipinski definition) is 8. The van der Waals surface area contributed by atoms with E-state index < -0.39 is 26.0 Å². The number of nitrogens with zero attached hydrogens (tertiary/aromatic N) is 1. The number of carbonyl (C=O) groups excluding carboxylic acids is 2. The zero-order valence-electron chi connectivity index (χ0n) is 36.4. The number of aliphatic hydroxyl groups excluding tert-OH is 1. The van der Waals surface area contributed by atoms with Crippen LogP contribution in [0.3, 0.4) is 0 Å². The van der Waals surface area contributed by atoms with E-state index in [4.69, 9.17) is 18.5 Å². The van der Waals surface area contributed by atoms with Crippen molar-refractivity contribution in [3.63, 3.8) is 0 Å². The Bertz CT molecular complexity index is 1240. The van der Waals surface area contributed by atoms with Crippen LogP contribution in [0.5, 0.6) is 0 Å². The van der Waals surface area contributed by atoms with Gasteiger partial charge in [-0.2, -0.15) is 0 Å². The Morgan fingerprint density at radius 2 is 1.40 bits per heavy atom. The Balaban J connectivity index is 2.44. The van der Waals surface area contributed by atoms with Gasteiger partial charge in [0.15, 0.2) is 11.9 Å². The van der Waals surface area contributed by atoms with Crippen molar-refractivity contribution in [2.24, 2.45) is 11.8 Å². The van der Waals surface area contributed by atoms with Crippen LogP contribution in [-0.4, -0.2) is 86.0 Å². The van der Waals surface area contributed by atoms with Gasteiger partial charge in [-0.25, -0.2) is 4.57 Å². The zero-order chi connectivity index (χ0) is 42.0. The number of carbonyl (C=O) groups is 2. The lowest BCUT2D eigenvalue weighted by atomic mass is 9.90. The molecule has 0 heterocycles. The zero-order valence-corrected chi connectivity index (χ0v) is 37.3. The predicted octanol–water partition coefficient (Wildman–Crippen LogP) is 10.9. The summed E-state index contributed by atoms with van der Waals surface area (Å²) < 4.78 is 34.7. The van der Waals surface area contributed by atoms with E-state index in [1.54, 1.807) is 18.4 Å². The molecule has 0 aromatic rings. The Hall–Kier alpha value is -2.33. The first kappa shape index (κ1) is 52.7. The summed E-state index contributed by atoms with van der Waals surface area (Å²) in [5, 5.41) is 10.2. The van der Waals surface area contributed by atoms with Crippen LogP contribution in [0.2, 0.25) is 0 Å². The molecule has 11 heteroatoms. The van der Waals surface area contributed by atoms with E-state index in [-0.39, 0.29) is 43.9 Å². The number of esters is 1. The molecular weight excluding hydrogens is 741 g/mol. The number of aliphatic hydroxyl groups is 1. The van der Waals surface area contributed by atoms with Crippen molar-refractivity contribution in [1.29, 1.82) is 0 Å². The molecule has 2 N–H and O–H groups in total. The number of unbranched alkanes of at least 4 members (excludes halogenated alkanes) is 14. The van der Waals surface area contributed by atoms with Gasteiger partial charge in [0.25, 0.3) is 0 Å². The van der Waals surface area contributed by atoms with Gasteiger partial charge >= 0.3 is 13.8 Å². The van der Waals surface area contributed by atoms with Crippen LogP contribution in [0.25, 0.3) is 0 Å². The van der Waals surface area contributed by atoms with E-state index in [9.17, 15) is 24.2 Å². The molecule has 5 atom stereocenters. The molecule has 0 saturated carbocycles. The highest BCUT2D eigenvalue weighted by atomic mass is 31.2. The van der Waals surface area contributed by atoms with Crippen molar-refractivity contribution in [3.8, 4) is 0 Å². The molecule has 0 amide bonds. The number of ketones is 1. The summed E-state index contributed by atoms with van der Waals surface area (Å²) in [7, 11) is 1.55. The van der Waals surface area contributed by atoms with Crippen molar-refractivity contribution in [1.82, 2.24) is 0 Å². The first-order valence-corrected chi connectivity index (χ1v) is 23.6. The second-order valence-corrected chi connectivity index (χ2v) is 17.9. The summed E-state index contributed by atoms with van der Waals surface area (Å²) in [4.78, 5) is 35.2. The normalized spacial score (nSPS) is 18.4. The molecule has 0 saturated heterocycles. The first-order chi connectivity index (χ1) is 27.4. The third kappa shape index (κ3) is 31.3. The lowest BCUT2D eigenvalue weighted by Crippen LogP contribution is -2.37. The average Bonchev–Trinajstić information content (AvgIpc) is 3.51. The van der Waals surface area contributed by atoms with Crippen LogP contribution in [0.1, 0.15) is 149 Å². The fraction of sp³-hybridized carbons (Fsp3) is 0.739. The lowest BCUT2D eigenvalue weighted by molar-refractivity contribution is -0.870. The largest absolute Gasteiger partial charge is 0.492 e. The van der Waals surface area contributed by atoms with E-state index in [2.05, 4.69) is 26.0 Å². The molecule has 1 aliphatic rings. The standard InChI is InChI=1S/C46H80NO9P/c1-6-8-10-11-12-13-14-15-16-17-18-19-20-21-24-28-37-53-43(40-56-57(51,52)55-38-36-47(3,4)5)39-54-46(50)31-27-23-22-26-29-41-32-35-45(49)44(41)34-33-42(48)30-25-9-7-2/h15-16,22,26,28,32-35,37,41-44,48H,6-14,17-21,23-25,27,29-31,36,38-40H2,1-5H3/p+1/b16-15-,26-22-,34-33+,37-28+/t41-,42-,43+,44+/m0/s1. The van der Waals surface area contributed by atoms with Crippen molar-refractivity contribution in [3.05, 3.63) is 60.9 Å². The Kier molecular flexibility index (Phi) is 31.0. The molecule has 0 fully saturated rings. The maximum absolute atomic E-state index is 12.6. The molecule has 0 radical (unpaired) electrons. The number of hydrogen-bond donors (Lipinski definition) is 2. The predicted molar refractivity (Wildman–Crippen MR) is 232 cm³/mol. The summed E-state index contributed by atoms with van der Waals surface area (Å²) in [6.45, 7) is 4.55. The summed E-state index contributed by atoms with van der Waals surface area (Å²) in [6.07, 6.45) is 39.8. The Labute approximate surface area is 347 Å². The molecule has 10 nitrogen and oxygen atoms in total. The monoisotopic (exact) mass is 823 g/mol. The number of allylic oxidation sites excluding steroid dienone is 8. The summed E-state index contributed by atoms with van der Waals surface area (Å²) in [5.41, 5.74) is 0. The van der Waals surface area contributed by atoms with E-state index in [1.165, 1.54) is 57.8 Å². The number of phosphoric acid groups is 1. The topological polar surface area (TPSA) is 129 Å². The quantitative estimate of drug-likeness (QED) is 0.0157. The number of likely N-dealkylation sites (N-methyl/N-ethyl adjacent to an activating group) is 1. The molecule has 1 aliphatic carbocycles. The molecule has 57 heavy (non-hydrogen) atoms. The van der Waals surface area contributed by atoms with E-state index in [0.29, 0.717) is 36.7 Å². The van der Waals surface area contributed by atoms with Crippen LogP contribution in [0.15, 0.2) is 60.9 Å². The molecule has 1 unspecified atom stereocenters. The molecule has 0 aromatic carbocycles. The van der Waals surface area contributed by atoms with Gasteiger partial charge in [0.2, 0.25) is 0 Å². The minimum absolute atomic E-state index is 0.0536. The molecule has 0 aromatic heterocycles. The molecule has 328 valence electrons. The number of quaternary nitrogens is 1. The van der Waals surface area contributed by atoms with Crippen molar-refractivity contribution < 1.29 is 47.2 Å². The molecule has 1 rings (SSSR count). The van der Waals surface area contributed by atoms with Crippen LogP contribution >= 0.6 is 7.82 Å². The smallest absolute Gasteiger partial charge is 0.472 e. The van der Waals surface area contributed by atoms with E-state index in [1.807, 2.05) is 51.5 Å². The van der Waals surface area contributed by atoms with Gasteiger partial charge in [-0.05, 0) is 82.3 Å². The van der Waals surface area contributed by atoms with Gasteiger partial charge < -0.3 is 24.0 Å². The fourth-order valence-electron chi connectivity index (χ4n) is 6.23. The van der Waals surface area contributed by atoms with Crippen LogP contribution < -0.4 is 0 Å². The van der Waals surface area contributed by atoms with Gasteiger partial charge in [-0.15, -0.1) is 0 Å². The minimum Gasteiger partial charge on any atom is -0.492 e. The summed E-state index contributed by atoms with van der Waals surface area (Å²) in [5.74, 6) is -0.527. The Morgan fingerprint density at radius 3 is 2.07 bits per heavy atom. The Morgan fingerprint density at radius 1 is 0.807 bits per heavy atom. The first-order valence-electron chi connectivity index (χ1n) is 22.1. The summed E-state index contributed by atoms with van der Waals surface area (Å²) >= 11 is 0. The van der Waals surface area contributed by atoms with Crippen molar-refractivity contribution in [2.75, 3.05) is 47.5 Å². The highest BCUT2D eigenvalue weighted by Crippen LogP contribution is 2.43. The molecule has 0 bridgehead atoms. The van der Waals surface area contributed by atoms with Crippen LogP contribution in [-0.2, 0) is 32.7 Å². The van der Waals surface area contributed by atoms with Crippen LogP contribution in [0, 0.1) is 11.8 Å². The second kappa shape index (κ2) is 33.5. The second-order valence-electron chi connectivity index (χ2n) is 16.4. The van der Waals surface area contributed by atoms with Crippen LogP contribution in [0.4, 0.5) is 0 Å². The third-order valence-electron chi connectivity index (χ3n) is 9.89. The number of phosphoric ester groups is 1.